The highest BCUT2D eigenvalue weighted by Gasteiger charge is 2.69. The third kappa shape index (κ3) is 1.46. The molecule has 20 heavy (non-hydrogen) atoms. The topological polar surface area (TPSA) is 54.0 Å². The summed E-state index contributed by atoms with van der Waals surface area (Å²) >= 11 is 0. The Labute approximate surface area is 118 Å². The molecule has 0 aromatic carbocycles. The molecule has 112 valence electrons. The monoisotopic (exact) mass is 282 g/mol. The Balaban J connectivity index is 1.84. The molecular weight excluding hydrogens is 260 g/mol. The Hall–Kier alpha value is -0.650. The van der Waals surface area contributed by atoms with Crippen LogP contribution in [0.25, 0.3) is 0 Å². The van der Waals surface area contributed by atoms with E-state index in [1.165, 1.54) is 0 Å². The standard InChI is InChI=1S/C15H22O5/c1-8-4-5-11-9(2)12(16)17-13-15(11)10(8)6-7-14(3,18-13)19-20-15/h8-11,13H,4-7H2,1-3H3/t8?,9-,10+,11?,13?,14?,15?/m1/s1. The second-order valence-corrected chi connectivity index (χ2v) is 7.14. The lowest BCUT2D eigenvalue weighted by atomic mass is 9.58. The molecule has 5 fully saturated rings. The van der Waals surface area contributed by atoms with Crippen LogP contribution < -0.4 is 0 Å². The molecule has 0 radical (unpaired) electrons. The van der Waals surface area contributed by atoms with Crippen LogP contribution in [0, 0.1) is 23.7 Å². The van der Waals surface area contributed by atoms with Gasteiger partial charge in [0.2, 0.25) is 12.1 Å². The van der Waals surface area contributed by atoms with Gasteiger partial charge in [-0.3, -0.25) is 4.79 Å². The molecule has 5 nitrogen and oxygen atoms in total. The van der Waals surface area contributed by atoms with Crippen LogP contribution in [0.15, 0.2) is 0 Å². The first kappa shape index (κ1) is 13.0. The van der Waals surface area contributed by atoms with Gasteiger partial charge in [0, 0.05) is 18.3 Å². The lowest BCUT2D eigenvalue weighted by molar-refractivity contribution is -0.559. The smallest absolute Gasteiger partial charge is 0.311 e. The van der Waals surface area contributed by atoms with Gasteiger partial charge in [-0.25, -0.2) is 9.78 Å². The maximum absolute atomic E-state index is 12.1. The highest BCUT2D eigenvalue weighted by molar-refractivity contribution is 5.74. The normalized spacial score (nSPS) is 57.8. The predicted octanol–water partition coefficient (Wildman–Crippen LogP) is 2.39. The Morgan fingerprint density at radius 3 is 2.70 bits per heavy atom. The molecule has 2 bridgehead atoms. The first-order chi connectivity index (χ1) is 9.46. The van der Waals surface area contributed by atoms with E-state index in [0.29, 0.717) is 11.8 Å². The number of fused-ring (bicyclic) bond motifs is 2. The molecule has 5 rings (SSSR count). The molecule has 1 saturated carbocycles. The fourth-order valence-corrected chi connectivity index (χ4v) is 4.76. The van der Waals surface area contributed by atoms with E-state index in [2.05, 4.69) is 6.92 Å². The van der Waals surface area contributed by atoms with Gasteiger partial charge in [0.15, 0.2) is 5.60 Å². The maximum Gasteiger partial charge on any atom is 0.311 e. The van der Waals surface area contributed by atoms with E-state index in [-0.39, 0.29) is 17.8 Å². The summed E-state index contributed by atoms with van der Waals surface area (Å²) in [4.78, 5) is 23.7. The zero-order chi connectivity index (χ0) is 14.1. The van der Waals surface area contributed by atoms with Crippen LogP contribution in [0.2, 0.25) is 0 Å². The van der Waals surface area contributed by atoms with Crippen molar-refractivity contribution in [3.05, 3.63) is 0 Å². The minimum Gasteiger partial charge on any atom is -0.432 e. The van der Waals surface area contributed by atoms with Crippen molar-refractivity contribution in [3.63, 3.8) is 0 Å². The average Bonchev–Trinajstić information content (AvgIpc) is 2.63. The lowest BCUT2D eigenvalue weighted by Crippen LogP contribution is -2.69. The van der Waals surface area contributed by atoms with Crippen LogP contribution in [0.3, 0.4) is 0 Å². The van der Waals surface area contributed by atoms with Crippen LogP contribution >= 0.6 is 0 Å². The molecule has 1 spiro atoms. The summed E-state index contributed by atoms with van der Waals surface area (Å²) < 4.78 is 11.6. The van der Waals surface area contributed by atoms with Gasteiger partial charge in [-0.05, 0) is 32.1 Å². The summed E-state index contributed by atoms with van der Waals surface area (Å²) in [5, 5.41) is 0. The van der Waals surface area contributed by atoms with Gasteiger partial charge in [-0.2, -0.15) is 0 Å². The number of ether oxygens (including phenoxy) is 2. The number of carbonyl (C=O) groups is 1. The molecule has 4 heterocycles. The molecule has 5 aliphatic rings. The van der Waals surface area contributed by atoms with Gasteiger partial charge in [0.25, 0.3) is 0 Å². The summed E-state index contributed by atoms with van der Waals surface area (Å²) in [7, 11) is 0. The lowest BCUT2D eigenvalue weighted by Gasteiger charge is -2.57. The Bertz CT molecular complexity index is 452. The van der Waals surface area contributed by atoms with E-state index >= 15 is 0 Å². The molecule has 5 unspecified atom stereocenters. The van der Waals surface area contributed by atoms with Crippen molar-refractivity contribution >= 4 is 5.97 Å². The molecule has 1 aliphatic carbocycles. The summed E-state index contributed by atoms with van der Waals surface area (Å²) in [5.41, 5.74) is -0.610. The number of hydrogen-bond acceptors (Lipinski definition) is 5. The van der Waals surface area contributed by atoms with Gasteiger partial charge in [0.05, 0.1) is 5.92 Å². The van der Waals surface area contributed by atoms with Crippen molar-refractivity contribution in [2.75, 3.05) is 0 Å². The van der Waals surface area contributed by atoms with Crippen LogP contribution in [0.5, 0.6) is 0 Å². The summed E-state index contributed by atoms with van der Waals surface area (Å²) in [6.45, 7) is 6.06. The summed E-state index contributed by atoms with van der Waals surface area (Å²) in [5.74, 6) is -0.137. The van der Waals surface area contributed by atoms with E-state index in [1.54, 1.807) is 0 Å². The largest absolute Gasteiger partial charge is 0.432 e. The number of carbonyl (C=O) groups excluding carboxylic acids is 1. The van der Waals surface area contributed by atoms with Crippen molar-refractivity contribution < 1.29 is 24.0 Å². The van der Waals surface area contributed by atoms with Crippen molar-refractivity contribution in [2.45, 2.75) is 64.1 Å². The van der Waals surface area contributed by atoms with Gasteiger partial charge >= 0.3 is 5.97 Å². The first-order valence-corrected chi connectivity index (χ1v) is 7.71. The fourth-order valence-electron chi connectivity index (χ4n) is 4.76. The molecule has 0 N–H and O–H groups in total. The maximum atomic E-state index is 12.1. The third-order valence-corrected chi connectivity index (χ3v) is 5.97. The highest BCUT2D eigenvalue weighted by Crippen LogP contribution is 2.59. The molecule has 5 heteroatoms. The first-order valence-electron chi connectivity index (χ1n) is 7.71. The number of esters is 1. The molecule has 7 atom stereocenters. The fraction of sp³-hybridized carbons (Fsp3) is 0.933. The molecule has 0 aromatic heterocycles. The zero-order valence-corrected chi connectivity index (χ0v) is 12.3. The van der Waals surface area contributed by atoms with Crippen LogP contribution in [-0.4, -0.2) is 23.6 Å². The molecular formula is C15H22O5. The van der Waals surface area contributed by atoms with Crippen molar-refractivity contribution in [2.24, 2.45) is 23.7 Å². The highest BCUT2D eigenvalue weighted by atomic mass is 17.3. The molecule has 0 aromatic rings. The molecule has 0 amide bonds. The van der Waals surface area contributed by atoms with E-state index in [9.17, 15) is 4.79 Å². The van der Waals surface area contributed by atoms with Gasteiger partial charge in [0.1, 0.15) is 0 Å². The van der Waals surface area contributed by atoms with E-state index in [1.807, 2.05) is 13.8 Å². The Morgan fingerprint density at radius 2 is 1.90 bits per heavy atom. The van der Waals surface area contributed by atoms with Crippen molar-refractivity contribution in [1.82, 2.24) is 0 Å². The quantitative estimate of drug-likeness (QED) is 0.504. The Morgan fingerprint density at radius 1 is 1.10 bits per heavy atom. The molecule has 4 saturated heterocycles. The number of hydrogen-bond donors (Lipinski definition) is 0. The minimum atomic E-state index is -0.793. The van der Waals surface area contributed by atoms with Crippen molar-refractivity contribution in [1.29, 1.82) is 0 Å². The second-order valence-electron chi connectivity index (χ2n) is 7.14. The predicted molar refractivity (Wildman–Crippen MR) is 68.0 cm³/mol. The summed E-state index contributed by atoms with van der Waals surface area (Å²) in [6, 6.07) is 0. The summed E-state index contributed by atoms with van der Waals surface area (Å²) in [6.07, 6.45) is 3.24. The van der Waals surface area contributed by atoms with Gasteiger partial charge in [-0.15, -0.1) is 0 Å². The van der Waals surface area contributed by atoms with E-state index in [4.69, 9.17) is 19.2 Å². The van der Waals surface area contributed by atoms with E-state index in [0.717, 1.165) is 25.7 Å². The second kappa shape index (κ2) is 3.96. The van der Waals surface area contributed by atoms with Gasteiger partial charge < -0.3 is 9.47 Å². The minimum absolute atomic E-state index is 0.123. The van der Waals surface area contributed by atoms with Crippen molar-refractivity contribution in [3.8, 4) is 0 Å². The molecule has 4 aliphatic heterocycles. The zero-order valence-electron chi connectivity index (χ0n) is 12.3. The Kier molecular flexibility index (Phi) is 2.58. The third-order valence-electron chi connectivity index (χ3n) is 5.97. The van der Waals surface area contributed by atoms with Gasteiger partial charge in [-0.1, -0.05) is 13.8 Å². The number of rotatable bonds is 0. The van der Waals surface area contributed by atoms with E-state index < -0.39 is 17.7 Å². The van der Waals surface area contributed by atoms with Crippen LogP contribution in [-0.2, 0) is 24.0 Å². The van der Waals surface area contributed by atoms with Crippen LogP contribution in [0.1, 0.15) is 46.5 Å². The SMILES string of the molecule is CC1CCC2[C@@H](C)C(=O)OC3OC4(C)CC[C@@H]1C32OO4. The average molecular weight is 282 g/mol. The van der Waals surface area contributed by atoms with Crippen LogP contribution in [0.4, 0.5) is 0 Å².